The lowest BCUT2D eigenvalue weighted by molar-refractivity contribution is 0.552. The molecule has 0 spiro atoms. The highest BCUT2D eigenvalue weighted by molar-refractivity contribution is 6.80. The number of nitrogens with zero attached hydrogens (tertiary/aromatic N) is 2. The molecular formula is C34H40N4Si. The number of hydrogen-bond acceptors (Lipinski definition) is 4. The standard InChI is InChI=1S/C34H40N4Si/c1-33(2,3)39(34(4,5)6,37-35-31(27-19-11-7-12-20-27)28-21-13-8-14-22-28)38-36-32(29-23-15-9-16-24-29)30-25-17-10-18-26-30/h7-26,37-38H,1-6H3. The summed E-state index contributed by atoms with van der Waals surface area (Å²) in [6.07, 6.45) is 0. The SMILES string of the molecule is CC(C)(C)[Si](NN=C(c1ccccc1)c1ccccc1)(NN=C(c1ccccc1)c1ccccc1)C(C)(C)C. The number of nitrogens with one attached hydrogen (secondary N) is 2. The van der Waals surface area contributed by atoms with Gasteiger partial charge in [-0.3, -0.25) is 0 Å². The van der Waals surface area contributed by atoms with E-state index in [0.717, 1.165) is 33.7 Å². The van der Waals surface area contributed by atoms with E-state index in [1.54, 1.807) is 0 Å². The molecule has 4 aromatic carbocycles. The van der Waals surface area contributed by atoms with Gasteiger partial charge in [-0.25, -0.2) is 0 Å². The Morgan fingerprint density at radius 1 is 0.436 bits per heavy atom. The van der Waals surface area contributed by atoms with Crippen LogP contribution in [0.3, 0.4) is 0 Å². The molecule has 0 saturated carbocycles. The molecule has 0 radical (unpaired) electrons. The maximum absolute atomic E-state index is 5.19. The molecule has 4 rings (SSSR count). The first-order valence-corrected chi connectivity index (χ1v) is 15.5. The van der Waals surface area contributed by atoms with E-state index >= 15 is 0 Å². The summed E-state index contributed by atoms with van der Waals surface area (Å²) >= 11 is 0. The molecule has 200 valence electrons. The van der Waals surface area contributed by atoms with Crippen molar-refractivity contribution < 1.29 is 0 Å². The molecule has 4 aromatic rings. The highest BCUT2D eigenvalue weighted by Gasteiger charge is 2.56. The fourth-order valence-electron chi connectivity index (χ4n) is 5.08. The predicted octanol–water partition coefficient (Wildman–Crippen LogP) is 8.11. The summed E-state index contributed by atoms with van der Waals surface area (Å²) in [6, 6.07) is 41.5. The normalized spacial score (nSPS) is 11.8. The number of hydrogen-bond donors (Lipinski definition) is 2. The van der Waals surface area contributed by atoms with Gasteiger partial charge in [0.1, 0.15) is 0 Å². The first-order chi connectivity index (χ1) is 18.6. The molecule has 0 bridgehead atoms. The maximum atomic E-state index is 5.19. The molecule has 4 nitrogen and oxygen atoms in total. The van der Waals surface area contributed by atoms with Crippen molar-refractivity contribution in [1.82, 2.24) is 10.2 Å². The molecule has 0 aliphatic carbocycles. The monoisotopic (exact) mass is 532 g/mol. The van der Waals surface area contributed by atoms with Crippen LogP contribution in [0.4, 0.5) is 0 Å². The molecule has 0 unspecified atom stereocenters. The minimum absolute atomic E-state index is 0.144. The molecular weight excluding hydrogens is 492 g/mol. The van der Waals surface area contributed by atoms with E-state index in [1.165, 1.54) is 0 Å². The van der Waals surface area contributed by atoms with Gasteiger partial charge in [-0.2, -0.15) is 10.2 Å². The Bertz CT molecular complexity index is 1190. The van der Waals surface area contributed by atoms with Crippen LogP contribution >= 0.6 is 0 Å². The van der Waals surface area contributed by atoms with Crippen LogP contribution in [0.2, 0.25) is 10.1 Å². The van der Waals surface area contributed by atoms with Crippen molar-refractivity contribution >= 4 is 19.8 Å². The Morgan fingerprint density at radius 3 is 0.872 bits per heavy atom. The highest BCUT2D eigenvalue weighted by atomic mass is 28.4. The van der Waals surface area contributed by atoms with Gasteiger partial charge < -0.3 is 10.2 Å². The third-order valence-corrected chi connectivity index (χ3v) is 12.5. The van der Waals surface area contributed by atoms with E-state index in [1.807, 2.05) is 24.3 Å². The van der Waals surface area contributed by atoms with Crippen molar-refractivity contribution in [3.63, 3.8) is 0 Å². The smallest absolute Gasteiger partial charge is 0.302 e. The Hall–Kier alpha value is -3.96. The minimum atomic E-state index is -2.73. The number of hydrazone groups is 2. The molecule has 0 aromatic heterocycles. The third kappa shape index (κ3) is 6.37. The fourth-order valence-corrected chi connectivity index (χ4v) is 9.28. The van der Waals surface area contributed by atoms with Crippen molar-refractivity contribution in [3.05, 3.63) is 144 Å². The van der Waals surface area contributed by atoms with Gasteiger partial charge in [0.05, 0.1) is 11.4 Å². The average molecular weight is 533 g/mol. The zero-order valence-electron chi connectivity index (χ0n) is 23.9. The average Bonchev–Trinajstić information content (AvgIpc) is 2.93. The number of rotatable bonds is 8. The van der Waals surface area contributed by atoms with Crippen LogP contribution in [-0.2, 0) is 0 Å². The van der Waals surface area contributed by atoms with Crippen LogP contribution < -0.4 is 10.2 Å². The molecule has 0 amide bonds. The van der Waals surface area contributed by atoms with Crippen molar-refractivity contribution in [1.29, 1.82) is 0 Å². The third-order valence-electron chi connectivity index (χ3n) is 7.11. The summed E-state index contributed by atoms with van der Waals surface area (Å²) in [5, 5.41) is 17.6. The fraction of sp³-hybridized carbons (Fsp3) is 0.235. The molecule has 0 fully saturated rings. The Balaban J connectivity index is 1.86. The predicted molar refractivity (Wildman–Crippen MR) is 169 cm³/mol. The van der Waals surface area contributed by atoms with Gasteiger partial charge in [-0.1, -0.05) is 163 Å². The van der Waals surface area contributed by atoms with E-state index in [-0.39, 0.29) is 10.1 Å². The van der Waals surface area contributed by atoms with Crippen molar-refractivity contribution in [2.45, 2.75) is 51.6 Å². The summed E-state index contributed by atoms with van der Waals surface area (Å²) in [5.41, 5.74) is 6.11. The first kappa shape index (κ1) is 28.1. The molecule has 2 N–H and O–H groups in total. The topological polar surface area (TPSA) is 48.8 Å². The Labute approximate surface area is 235 Å². The van der Waals surface area contributed by atoms with Crippen molar-refractivity contribution in [3.8, 4) is 0 Å². The highest BCUT2D eigenvalue weighted by Crippen LogP contribution is 2.47. The van der Waals surface area contributed by atoms with Crippen LogP contribution in [0.1, 0.15) is 63.8 Å². The summed E-state index contributed by atoms with van der Waals surface area (Å²) in [4.78, 5) is 0. The summed E-state index contributed by atoms with van der Waals surface area (Å²) in [5.74, 6) is 0. The van der Waals surface area contributed by atoms with Gasteiger partial charge in [-0.15, -0.1) is 0 Å². The Kier molecular flexibility index (Phi) is 8.51. The summed E-state index contributed by atoms with van der Waals surface area (Å²) in [6.45, 7) is 13.7. The van der Waals surface area contributed by atoms with Gasteiger partial charge in [0.25, 0.3) is 0 Å². The summed E-state index contributed by atoms with van der Waals surface area (Å²) in [7, 11) is -2.73. The van der Waals surface area contributed by atoms with Gasteiger partial charge >= 0.3 is 8.40 Å². The van der Waals surface area contributed by atoms with E-state index in [2.05, 4.69) is 149 Å². The maximum Gasteiger partial charge on any atom is 0.302 e. The molecule has 5 heteroatoms. The lowest BCUT2D eigenvalue weighted by Crippen LogP contribution is -2.70. The van der Waals surface area contributed by atoms with E-state index in [4.69, 9.17) is 10.2 Å². The zero-order valence-corrected chi connectivity index (χ0v) is 24.9. The zero-order chi connectivity index (χ0) is 27.9. The second-order valence-electron chi connectivity index (χ2n) is 11.9. The van der Waals surface area contributed by atoms with Crippen LogP contribution in [0.5, 0.6) is 0 Å². The van der Waals surface area contributed by atoms with Crippen LogP contribution in [0.15, 0.2) is 132 Å². The number of benzene rings is 4. The quantitative estimate of drug-likeness (QED) is 0.137. The minimum Gasteiger partial charge on any atom is -0.313 e. The largest absolute Gasteiger partial charge is 0.313 e. The molecule has 0 aliphatic rings. The van der Waals surface area contributed by atoms with E-state index in [9.17, 15) is 0 Å². The van der Waals surface area contributed by atoms with Crippen LogP contribution in [0.25, 0.3) is 0 Å². The molecule has 0 heterocycles. The molecule has 0 atom stereocenters. The van der Waals surface area contributed by atoms with Crippen molar-refractivity contribution in [2.75, 3.05) is 0 Å². The molecule has 0 saturated heterocycles. The second-order valence-corrected chi connectivity index (χ2v) is 16.8. The van der Waals surface area contributed by atoms with Gasteiger partial charge in [0, 0.05) is 22.3 Å². The Morgan fingerprint density at radius 2 is 0.667 bits per heavy atom. The summed E-state index contributed by atoms with van der Waals surface area (Å²) < 4.78 is 0. The van der Waals surface area contributed by atoms with Crippen LogP contribution in [-0.4, -0.2) is 19.8 Å². The first-order valence-electron chi connectivity index (χ1n) is 13.5. The molecule has 39 heavy (non-hydrogen) atoms. The van der Waals surface area contributed by atoms with Crippen molar-refractivity contribution in [2.24, 2.45) is 10.2 Å². The lowest BCUT2D eigenvalue weighted by Gasteiger charge is -2.49. The van der Waals surface area contributed by atoms with Gasteiger partial charge in [-0.05, 0) is 10.1 Å². The second kappa shape index (κ2) is 11.8. The van der Waals surface area contributed by atoms with Gasteiger partial charge in [0.2, 0.25) is 0 Å². The van der Waals surface area contributed by atoms with E-state index < -0.39 is 8.40 Å². The lowest BCUT2D eigenvalue weighted by atomic mass is 10.0. The molecule has 0 aliphatic heterocycles. The van der Waals surface area contributed by atoms with Gasteiger partial charge in [0.15, 0.2) is 0 Å². The van der Waals surface area contributed by atoms with Crippen LogP contribution in [0, 0.1) is 0 Å². The van der Waals surface area contributed by atoms with E-state index in [0.29, 0.717) is 0 Å².